The summed E-state index contributed by atoms with van der Waals surface area (Å²) in [6, 6.07) is 10.2. The molecule has 2 aromatic heterocycles. The first kappa shape index (κ1) is 19.2. The van der Waals surface area contributed by atoms with Gasteiger partial charge >= 0.3 is 0 Å². The van der Waals surface area contributed by atoms with Crippen LogP contribution >= 0.6 is 23.1 Å². The molecule has 0 fully saturated rings. The molecular weight excluding hydrogens is 390 g/mol. The normalized spacial score (nSPS) is 15.9. The number of rotatable bonds is 6. The van der Waals surface area contributed by atoms with Crippen molar-refractivity contribution in [1.29, 1.82) is 0 Å². The molecule has 0 saturated heterocycles. The van der Waals surface area contributed by atoms with Gasteiger partial charge in [-0.3, -0.25) is 14.2 Å². The molecule has 1 atom stereocenters. The van der Waals surface area contributed by atoms with Gasteiger partial charge in [0.15, 0.2) is 5.16 Å². The summed E-state index contributed by atoms with van der Waals surface area (Å²) in [7, 11) is 0. The number of carbonyl (C=O) groups is 1. The molecule has 1 N–H and O–H groups in total. The van der Waals surface area contributed by atoms with Crippen LogP contribution in [-0.2, 0) is 17.8 Å². The highest BCUT2D eigenvalue weighted by Crippen LogP contribution is 2.31. The van der Waals surface area contributed by atoms with Crippen LogP contribution in [0.3, 0.4) is 0 Å². The van der Waals surface area contributed by atoms with Crippen molar-refractivity contribution in [3.8, 4) is 0 Å². The first-order chi connectivity index (χ1) is 13.5. The molecule has 0 aliphatic heterocycles. The number of aryl methyl sites for hydroxylation is 1. The van der Waals surface area contributed by atoms with E-state index in [9.17, 15) is 9.59 Å². The van der Waals surface area contributed by atoms with Crippen molar-refractivity contribution in [2.45, 2.75) is 44.4 Å². The van der Waals surface area contributed by atoms with E-state index in [0.29, 0.717) is 27.8 Å². The van der Waals surface area contributed by atoms with Gasteiger partial charge in [0.05, 0.1) is 17.3 Å². The Labute approximate surface area is 172 Å². The molecule has 0 radical (unpaired) electrons. The fourth-order valence-electron chi connectivity index (χ4n) is 3.63. The summed E-state index contributed by atoms with van der Waals surface area (Å²) in [6.07, 6.45) is 1.94. The molecule has 1 aromatic carbocycles. The lowest BCUT2D eigenvalue weighted by Crippen LogP contribution is -2.29. The largest absolute Gasteiger partial charge is 0.349 e. The summed E-state index contributed by atoms with van der Waals surface area (Å²) in [6.45, 7) is 4.74. The average molecular weight is 414 g/mol. The highest BCUT2D eigenvalue weighted by molar-refractivity contribution is 7.99. The molecule has 146 valence electrons. The minimum Gasteiger partial charge on any atom is -0.349 e. The summed E-state index contributed by atoms with van der Waals surface area (Å²) < 4.78 is 2.39. The van der Waals surface area contributed by atoms with Gasteiger partial charge in [0, 0.05) is 6.54 Å². The third-order valence-electron chi connectivity index (χ3n) is 4.88. The molecule has 1 amide bonds. The zero-order valence-corrected chi connectivity index (χ0v) is 17.6. The molecule has 0 bridgehead atoms. The Balaban J connectivity index is 1.49. The van der Waals surface area contributed by atoms with E-state index in [2.05, 4.69) is 36.3 Å². The van der Waals surface area contributed by atoms with Gasteiger partial charge in [-0.15, -0.1) is 11.3 Å². The van der Waals surface area contributed by atoms with E-state index < -0.39 is 0 Å². The average Bonchev–Trinajstić information content (AvgIpc) is 3.30. The molecule has 4 rings (SSSR count). The number of thioether (sulfide) groups is 1. The molecule has 7 heteroatoms. The first-order valence-corrected chi connectivity index (χ1v) is 11.4. The van der Waals surface area contributed by atoms with Gasteiger partial charge in [-0.25, -0.2) is 4.98 Å². The third-order valence-corrected chi connectivity index (χ3v) is 6.75. The van der Waals surface area contributed by atoms with E-state index in [0.717, 1.165) is 12.8 Å². The van der Waals surface area contributed by atoms with E-state index >= 15 is 0 Å². The van der Waals surface area contributed by atoms with Gasteiger partial charge in [-0.1, -0.05) is 49.9 Å². The molecule has 5 nitrogen and oxygen atoms in total. The predicted octanol–water partition coefficient (Wildman–Crippen LogP) is 4.01. The summed E-state index contributed by atoms with van der Waals surface area (Å²) in [5.41, 5.74) is 3.23. The Kier molecular flexibility index (Phi) is 5.55. The van der Waals surface area contributed by atoms with Gasteiger partial charge in [0.2, 0.25) is 5.91 Å². The summed E-state index contributed by atoms with van der Waals surface area (Å²) in [4.78, 5) is 30.0. The van der Waals surface area contributed by atoms with Crippen molar-refractivity contribution in [1.82, 2.24) is 14.9 Å². The number of nitrogens with one attached hydrogen (secondary N) is 1. The lowest BCUT2D eigenvalue weighted by atomic mass is 10.1. The first-order valence-electron chi connectivity index (χ1n) is 9.51. The van der Waals surface area contributed by atoms with Gasteiger partial charge in [-0.05, 0) is 41.3 Å². The molecule has 1 aliphatic rings. The highest BCUT2D eigenvalue weighted by Gasteiger charge is 2.23. The van der Waals surface area contributed by atoms with Crippen LogP contribution in [0, 0.1) is 5.92 Å². The maximum Gasteiger partial charge on any atom is 0.272 e. The van der Waals surface area contributed by atoms with E-state index in [1.807, 2.05) is 23.6 Å². The van der Waals surface area contributed by atoms with Crippen LogP contribution in [0.5, 0.6) is 0 Å². The smallest absolute Gasteiger partial charge is 0.272 e. The van der Waals surface area contributed by atoms with Gasteiger partial charge in [-0.2, -0.15) is 0 Å². The van der Waals surface area contributed by atoms with Crippen LogP contribution < -0.4 is 10.9 Å². The van der Waals surface area contributed by atoms with E-state index in [1.165, 1.54) is 34.2 Å². The van der Waals surface area contributed by atoms with Crippen LogP contribution in [0.1, 0.15) is 37.4 Å². The van der Waals surface area contributed by atoms with Crippen molar-refractivity contribution in [3.05, 3.63) is 57.2 Å². The lowest BCUT2D eigenvalue weighted by Gasteiger charge is -2.16. The molecular formula is C21H23N3O2S2. The summed E-state index contributed by atoms with van der Waals surface area (Å²) in [5.74, 6) is 0.543. The SMILES string of the molecule is CC(C)Cn1c(SCC(=O)NC2CCc3ccccc32)nc2ccsc2c1=O. The Morgan fingerprint density at radius 3 is 3.00 bits per heavy atom. The Bertz CT molecular complexity index is 1070. The zero-order chi connectivity index (χ0) is 19.7. The third kappa shape index (κ3) is 3.86. The monoisotopic (exact) mass is 413 g/mol. The van der Waals surface area contributed by atoms with E-state index in [-0.39, 0.29) is 23.3 Å². The van der Waals surface area contributed by atoms with Crippen molar-refractivity contribution in [3.63, 3.8) is 0 Å². The number of amides is 1. The van der Waals surface area contributed by atoms with Gasteiger partial charge in [0.1, 0.15) is 4.70 Å². The molecule has 0 saturated carbocycles. The highest BCUT2D eigenvalue weighted by atomic mass is 32.2. The lowest BCUT2D eigenvalue weighted by molar-refractivity contribution is -0.119. The number of hydrogen-bond donors (Lipinski definition) is 1. The van der Waals surface area contributed by atoms with Crippen molar-refractivity contribution >= 4 is 39.2 Å². The van der Waals surface area contributed by atoms with Gasteiger partial charge < -0.3 is 5.32 Å². The molecule has 1 unspecified atom stereocenters. The fourth-order valence-corrected chi connectivity index (χ4v) is 5.23. The van der Waals surface area contributed by atoms with Crippen molar-refractivity contribution in [2.75, 3.05) is 5.75 Å². The predicted molar refractivity (Wildman–Crippen MR) is 115 cm³/mol. The Morgan fingerprint density at radius 1 is 1.36 bits per heavy atom. The molecule has 2 heterocycles. The summed E-state index contributed by atoms with van der Waals surface area (Å²) >= 11 is 2.76. The van der Waals surface area contributed by atoms with E-state index in [4.69, 9.17) is 0 Å². The van der Waals surface area contributed by atoms with Gasteiger partial charge in [0.25, 0.3) is 5.56 Å². The number of fused-ring (bicyclic) bond motifs is 2. The second kappa shape index (κ2) is 8.09. The van der Waals surface area contributed by atoms with Crippen LogP contribution in [0.15, 0.2) is 45.7 Å². The quantitative estimate of drug-likeness (QED) is 0.490. The fraction of sp³-hybridized carbons (Fsp3) is 0.381. The van der Waals surface area contributed by atoms with Crippen LogP contribution in [0.4, 0.5) is 0 Å². The molecule has 0 spiro atoms. The number of thiophene rings is 1. The molecule has 1 aliphatic carbocycles. The standard InChI is InChI=1S/C21H23N3O2S2/c1-13(2)11-24-20(26)19-17(9-10-27-19)23-21(24)28-12-18(25)22-16-8-7-14-5-3-4-6-15(14)16/h3-6,9-10,13,16H,7-8,11-12H2,1-2H3,(H,22,25). The minimum absolute atomic E-state index is 0.0127. The number of hydrogen-bond acceptors (Lipinski definition) is 5. The van der Waals surface area contributed by atoms with Crippen LogP contribution in [0.25, 0.3) is 10.2 Å². The topological polar surface area (TPSA) is 64.0 Å². The Hall–Kier alpha value is -2.12. The Morgan fingerprint density at radius 2 is 2.18 bits per heavy atom. The number of carbonyl (C=O) groups excluding carboxylic acids is 1. The second-order valence-electron chi connectivity index (χ2n) is 7.49. The van der Waals surface area contributed by atoms with Crippen molar-refractivity contribution < 1.29 is 4.79 Å². The van der Waals surface area contributed by atoms with Crippen LogP contribution in [-0.4, -0.2) is 21.2 Å². The molecule has 28 heavy (non-hydrogen) atoms. The number of benzene rings is 1. The second-order valence-corrected chi connectivity index (χ2v) is 9.34. The zero-order valence-electron chi connectivity index (χ0n) is 16.0. The number of aromatic nitrogens is 2. The number of nitrogens with zero attached hydrogens (tertiary/aromatic N) is 2. The van der Waals surface area contributed by atoms with E-state index in [1.54, 1.807) is 4.57 Å². The maximum absolute atomic E-state index is 12.8. The van der Waals surface area contributed by atoms with Crippen LogP contribution in [0.2, 0.25) is 0 Å². The maximum atomic E-state index is 12.8. The van der Waals surface area contributed by atoms with Crippen molar-refractivity contribution in [2.24, 2.45) is 5.92 Å². The minimum atomic E-state index is -0.0255. The summed E-state index contributed by atoms with van der Waals surface area (Å²) in [5, 5.41) is 5.64. The molecule has 3 aromatic rings.